The molecular weight excluding hydrogens is 275 g/mol. The standard InChI is InChI=1S/C13H14F3NO3/c14-13(15,16)12(20)17-8-10-6-4-9(5-7-10)2-1-3-11(18)19/h4-7H,1-3,8H2,(H,17,20)(H,18,19). The number of aliphatic carboxylic acids is 1. The van der Waals surface area contributed by atoms with Crippen molar-refractivity contribution in [1.29, 1.82) is 0 Å². The van der Waals surface area contributed by atoms with E-state index >= 15 is 0 Å². The van der Waals surface area contributed by atoms with E-state index in [9.17, 15) is 22.8 Å². The molecular formula is C13H14F3NO3. The fourth-order valence-corrected chi connectivity index (χ4v) is 1.55. The fourth-order valence-electron chi connectivity index (χ4n) is 1.55. The first-order valence-electron chi connectivity index (χ1n) is 5.93. The van der Waals surface area contributed by atoms with Crippen LogP contribution in [0, 0.1) is 0 Å². The maximum absolute atomic E-state index is 12.0. The second-order valence-electron chi connectivity index (χ2n) is 4.24. The van der Waals surface area contributed by atoms with Gasteiger partial charge in [-0.2, -0.15) is 13.2 Å². The van der Waals surface area contributed by atoms with Crippen LogP contribution in [0.4, 0.5) is 13.2 Å². The predicted molar refractivity (Wildman–Crippen MR) is 64.9 cm³/mol. The van der Waals surface area contributed by atoms with Crippen molar-refractivity contribution in [3.05, 3.63) is 35.4 Å². The van der Waals surface area contributed by atoms with Crippen molar-refractivity contribution in [2.24, 2.45) is 0 Å². The average Bonchev–Trinajstić information content (AvgIpc) is 2.36. The molecule has 0 radical (unpaired) electrons. The predicted octanol–water partition coefficient (Wildman–Crippen LogP) is 2.27. The number of carbonyl (C=O) groups excluding carboxylic acids is 1. The number of aryl methyl sites for hydroxylation is 1. The Morgan fingerprint density at radius 2 is 1.65 bits per heavy atom. The van der Waals surface area contributed by atoms with Gasteiger partial charge in [0.2, 0.25) is 0 Å². The molecule has 0 aromatic heterocycles. The van der Waals surface area contributed by atoms with Crippen LogP contribution in [0.15, 0.2) is 24.3 Å². The Balaban J connectivity index is 2.43. The highest BCUT2D eigenvalue weighted by molar-refractivity contribution is 5.81. The summed E-state index contributed by atoms with van der Waals surface area (Å²) in [5.74, 6) is -2.83. The highest BCUT2D eigenvalue weighted by Crippen LogP contribution is 2.14. The molecule has 0 saturated carbocycles. The van der Waals surface area contributed by atoms with Crippen LogP contribution < -0.4 is 5.32 Å². The maximum Gasteiger partial charge on any atom is 0.471 e. The molecule has 0 fully saturated rings. The minimum absolute atomic E-state index is 0.0728. The number of alkyl halides is 3. The molecule has 0 aliphatic rings. The second-order valence-corrected chi connectivity index (χ2v) is 4.24. The zero-order valence-corrected chi connectivity index (χ0v) is 10.5. The number of carboxylic acid groups (broad SMARTS) is 1. The van der Waals surface area contributed by atoms with Crippen molar-refractivity contribution >= 4 is 11.9 Å². The lowest BCUT2D eigenvalue weighted by Crippen LogP contribution is -2.36. The van der Waals surface area contributed by atoms with Gasteiger partial charge in [-0.15, -0.1) is 0 Å². The number of hydrogen-bond acceptors (Lipinski definition) is 2. The number of halogens is 3. The molecule has 7 heteroatoms. The van der Waals surface area contributed by atoms with Gasteiger partial charge in [-0.25, -0.2) is 0 Å². The van der Waals surface area contributed by atoms with E-state index in [4.69, 9.17) is 5.11 Å². The van der Waals surface area contributed by atoms with E-state index in [0.717, 1.165) is 5.56 Å². The van der Waals surface area contributed by atoms with Crippen LogP contribution in [0.5, 0.6) is 0 Å². The molecule has 2 N–H and O–H groups in total. The molecule has 0 aliphatic carbocycles. The van der Waals surface area contributed by atoms with Crippen LogP contribution in [0.2, 0.25) is 0 Å². The minimum Gasteiger partial charge on any atom is -0.481 e. The van der Waals surface area contributed by atoms with Crippen LogP contribution in [0.3, 0.4) is 0 Å². The van der Waals surface area contributed by atoms with Crippen molar-refractivity contribution in [3.8, 4) is 0 Å². The third-order valence-corrected chi connectivity index (χ3v) is 2.59. The third kappa shape index (κ3) is 5.73. The topological polar surface area (TPSA) is 66.4 Å². The van der Waals surface area contributed by atoms with Crippen LogP contribution in [0.25, 0.3) is 0 Å². The summed E-state index contributed by atoms with van der Waals surface area (Å²) in [5.41, 5.74) is 1.45. The molecule has 0 spiro atoms. The lowest BCUT2D eigenvalue weighted by Gasteiger charge is -2.08. The summed E-state index contributed by atoms with van der Waals surface area (Å²) in [6.07, 6.45) is -3.72. The lowest BCUT2D eigenvalue weighted by atomic mass is 10.1. The smallest absolute Gasteiger partial charge is 0.471 e. The number of nitrogens with one attached hydrogen (secondary N) is 1. The van der Waals surface area contributed by atoms with Crippen LogP contribution >= 0.6 is 0 Å². The quantitative estimate of drug-likeness (QED) is 0.844. The summed E-state index contributed by atoms with van der Waals surface area (Å²) in [6, 6.07) is 6.62. The SMILES string of the molecule is O=C(O)CCCc1ccc(CNC(=O)C(F)(F)F)cc1. The Labute approximate surface area is 113 Å². The van der Waals surface area contributed by atoms with E-state index in [2.05, 4.69) is 0 Å². The van der Waals surface area contributed by atoms with Gasteiger partial charge in [-0.3, -0.25) is 9.59 Å². The number of carboxylic acids is 1. The summed E-state index contributed by atoms with van der Waals surface area (Å²) in [7, 11) is 0. The van der Waals surface area contributed by atoms with Crippen LogP contribution in [-0.4, -0.2) is 23.2 Å². The van der Waals surface area contributed by atoms with E-state index in [1.165, 1.54) is 0 Å². The van der Waals surface area contributed by atoms with Crippen molar-refractivity contribution < 1.29 is 27.9 Å². The molecule has 0 saturated heterocycles. The summed E-state index contributed by atoms with van der Waals surface area (Å²) in [6.45, 7) is -0.201. The third-order valence-electron chi connectivity index (χ3n) is 2.59. The normalized spacial score (nSPS) is 11.2. The van der Waals surface area contributed by atoms with Crippen LogP contribution in [-0.2, 0) is 22.6 Å². The molecule has 4 nitrogen and oxygen atoms in total. The summed E-state index contributed by atoms with van der Waals surface area (Å²) < 4.78 is 35.9. The molecule has 0 aliphatic heterocycles. The number of rotatable bonds is 6. The van der Waals surface area contributed by atoms with Crippen molar-refractivity contribution in [2.75, 3.05) is 0 Å². The molecule has 0 unspecified atom stereocenters. The van der Waals surface area contributed by atoms with Gasteiger partial charge in [-0.05, 0) is 24.0 Å². The largest absolute Gasteiger partial charge is 0.481 e. The van der Waals surface area contributed by atoms with Gasteiger partial charge in [0.15, 0.2) is 0 Å². The number of carbonyl (C=O) groups is 2. The van der Waals surface area contributed by atoms with E-state index in [1.807, 2.05) is 0 Å². The summed E-state index contributed by atoms with van der Waals surface area (Å²) >= 11 is 0. The highest BCUT2D eigenvalue weighted by atomic mass is 19.4. The van der Waals surface area contributed by atoms with Crippen LogP contribution in [0.1, 0.15) is 24.0 Å². The highest BCUT2D eigenvalue weighted by Gasteiger charge is 2.38. The molecule has 20 heavy (non-hydrogen) atoms. The fraction of sp³-hybridized carbons (Fsp3) is 0.385. The van der Waals surface area contributed by atoms with Gasteiger partial charge in [0, 0.05) is 13.0 Å². The first-order chi connectivity index (χ1) is 9.29. The molecule has 110 valence electrons. The monoisotopic (exact) mass is 289 g/mol. The van der Waals surface area contributed by atoms with Gasteiger partial charge in [0.25, 0.3) is 0 Å². The van der Waals surface area contributed by atoms with Crippen molar-refractivity contribution in [2.45, 2.75) is 32.0 Å². The zero-order valence-electron chi connectivity index (χ0n) is 10.5. The number of amides is 1. The first kappa shape index (κ1) is 16.0. The van der Waals surface area contributed by atoms with Gasteiger partial charge in [0.1, 0.15) is 0 Å². The molecule has 0 heterocycles. The first-order valence-corrected chi connectivity index (χ1v) is 5.93. The second kappa shape index (κ2) is 6.93. The molecule has 1 aromatic carbocycles. The van der Waals surface area contributed by atoms with Crippen molar-refractivity contribution in [3.63, 3.8) is 0 Å². The van der Waals surface area contributed by atoms with E-state index in [1.54, 1.807) is 29.6 Å². The molecule has 1 aromatic rings. The van der Waals surface area contributed by atoms with Gasteiger partial charge < -0.3 is 10.4 Å². The Hall–Kier alpha value is -2.05. The number of benzene rings is 1. The molecule has 0 atom stereocenters. The Morgan fingerprint density at radius 1 is 1.10 bits per heavy atom. The molecule has 1 amide bonds. The lowest BCUT2D eigenvalue weighted by molar-refractivity contribution is -0.173. The molecule has 1 rings (SSSR count). The zero-order chi connectivity index (χ0) is 15.2. The maximum atomic E-state index is 12.0. The minimum atomic E-state index is -4.88. The Kier molecular flexibility index (Phi) is 5.54. The number of hydrogen-bond donors (Lipinski definition) is 2. The van der Waals surface area contributed by atoms with E-state index in [0.29, 0.717) is 18.4 Å². The Morgan fingerprint density at radius 3 is 2.15 bits per heavy atom. The van der Waals surface area contributed by atoms with E-state index in [-0.39, 0.29) is 13.0 Å². The Bertz CT molecular complexity index is 469. The van der Waals surface area contributed by atoms with Gasteiger partial charge in [-0.1, -0.05) is 24.3 Å². The molecule has 0 bridgehead atoms. The van der Waals surface area contributed by atoms with Gasteiger partial charge in [0.05, 0.1) is 0 Å². The van der Waals surface area contributed by atoms with Gasteiger partial charge >= 0.3 is 18.1 Å². The van der Waals surface area contributed by atoms with Crippen molar-refractivity contribution in [1.82, 2.24) is 5.32 Å². The summed E-state index contributed by atoms with van der Waals surface area (Å²) in [5, 5.41) is 10.3. The average molecular weight is 289 g/mol. The van der Waals surface area contributed by atoms with E-state index < -0.39 is 18.1 Å². The summed E-state index contributed by atoms with van der Waals surface area (Å²) in [4.78, 5) is 21.0.